The van der Waals surface area contributed by atoms with E-state index in [2.05, 4.69) is 10.3 Å². The van der Waals surface area contributed by atoms with Gasteiger partial charge < -0.3 is 15.8 Å². The SMILES string of the molecule is COc1ccc(Nc2ccc(N)c3ccncc23)cc1. The lowest BCUT2D eigenvalue weighted by Gasteiger charge is -2.11. The highest BCUT2D eigenvalue weighted by atomic mass is 16.5. The van der Waals surface area contributed by atoms with Gasteiger partial charge in [0, 0.05) is 40.2 Å². The normalized spacial score (nSPS) is 10.4. The second-order valence-corrected chi connectivity index (χ2v) is 4.48. The molecule has 3 N–H and O–H groups in total. The van der Waals surface area contributed by atoms with Crippen LogP contribution in [-0.4, -0.2) is 12.1 Å². The molecule has 0 aliphatic heterocycles. The van der Waals surface area contributed by atoms with Gasteiger partial charge >= 0.3 is 0 Å². The van der Waals surface area contributed by atoms with Crippen LogP contribution >= 0.6 is 0 Å². The third-order valence-electron chi connectivity index (χ3n) is 3.22. The molecule has 0 aliphatic rings. The zero-order valence-electron chi connectivity index (χ0n) is 11.1. The molecule has 100 valence electrons. The largest absolute Gasteiger partial charge is 0.497 e. The molecule has 3 aromatic rings. The van der Waals surface area contributed by atoms with Gasteiger partial charge in [0.2, 0.25) is 0 Å². The molecule has 3 rings (SSSR count). The average molecular weight is 265 g/mol. The fraction of sp³-hybridized carbons (Fsp3) is 0.0625. The Morgan fingerprint density at radius 2 is 1.80 bits per heavy atom. The molecule has 4 heteroatoms. The summed E-state index contributed by atoms with van der Waals surface area (Å²) in [6, 6.07) is 13.6. The number of ether oxygens (including phenoxy) is 1. The Balaban J connectivity index is 2.00. The smallest absolute Gasteiger partial charge is 0.119 e. The van der Waals surface area contributed by atoms with Gasteiger partial charge in [0.1, 0.15) is 5.75 Å². The van der Waals surface area contributed by atoms with Crippen LogP contribution in [0.15, 0.2) is 54.9 Å². The van der Waals surface area contributed by atoms with Gasteiger partial charge in [0.25, 0.3) is 0 Å². The fourth-order valence-corrected chi connectivity index (χ4v) is 2.15. The molecule has 0 unspecified atom stereocenters. The third kappa shape index (κ3) is 2.23. The van der Waals surface area contributed by atoms with E-state index in [9.17, 15) is 0 Å². The summed E-state index contributed by atoms with van der Waals surface area (Å²) in [5.41, 5.74) is 8.70. The van der Waals surface area contributed by atoms with E-state index in [1.807, 2.05) is 48.7 Å². The summed E-state index contributed by atoms with van der Waals surface area (Å²) in [5, 5.41) is 5.38. The molecule has 0 spiro atoms. The van der Waals surface area contributed by atoms with E-state index in [0.717, 1.165) is 33.6 Å². The van der Waals surface area contributed by atoms with E-state index in [1.165, 1.54) is 0 Å². The zero-order valence-corrected chi connectivity index (χ0v) is 11.1. The molecular weight excluding hydrogens is 250 g/mol. The van der Waals surface area contributed by atoms with Gasteiger partial charge in [-0.25, -0.2) is 0 Å². The number of nitrogens with two attached hydrogens (primary N) is 1. The first-order chi connectivity index (χ1) is 9.78. The first kappa shape index (κ1) is 12.3. The quantitative estimate of drug-likeness (QED) is 0.711. The summed E-state index contributed by atoms with van der Waals surface area (Å²) in [7, 11) is 1.65. The fourth-order valence-electron chi connectivity index (χ4n) is 2.15. The van der Waals surface area contributed by atoms with Gasteiger partial charge in [-0.2, -0.15) is 0 Å². The van der Waals surface area contributed by atoms with Crippen molar-refractivity contribution in [3.8, 4) is 5.75 Å². The van der Waals surface area contributed by atoms with Crippen molar-refractivity contribution in [1.29, 1.82) is 0 Å². The number of nitrogens with zero attached hydrogens (tertiary/aromatic N) is 1. The van der Waals surface area contributed by atoms with Crippen LogP contribution in [0.25, 0.3) is 10.8 Å². The van der Waals surface area contributed by atoms with Crippen molar-refractivity contribution in [2.45, 2.75) is 0 Å². The standard InChI is InChI=1S/C16H15N3O/c1-20-12-4-2-11(3-5-12)19-16-7-6-15(17)13-8-9-18-10-14(13)16/h2-10,19H,17H2,1H3. The van der Waals surface area contributed by atoms with Gasteiger partial charge in [0.05, 0.1) is 7.11 Å². The molecule has 2 aromatic carbocycles. The number of methoxy groups -OCH3 is 1. The minimum Gasteiger partial charge on any atom is -0.497 e. The van der Waals surface area contributed by atoms with Crippen molar-refractivity contribution in [3.05, 3.63) is 54.9 Å². The molecule has 20 heavy (non-hydrogen) atoms. The molecule has 0 bridgehead atoms. The Morgan fingerprint density at radius 3 is 2.55 bits per heavy atom. The number of rotatable bonds is 3. The Morgan fingerprint density at radius 1 is 1.00 bits per heavy atom. The number of hydrogen-bond donors (Lipinski definition) is 2. The lowest BCUT2D eigenvalue weighted by atomic mass is 10.1. The zero-order chi connectivity index (χ0) is 13.9. The number of pyridine rings is 1. The highest BCUT2D eigenvalue weighted by molar-refractivity contribution is 6.01. The van der Waals surface area contributed by atoms with Crippen molar-refractivity contribution in [1.82, 2.24) is 4.98 Å². The molecule has 0 saturated heterocycles. The second-order valence-electron chi connectivity index (χ2n) is 4.48. The molecule has 1 aromatic heterocycles. The topological polar surface area (TPSA) is 60.2 Å². The number of anilines is 3. The highest BCUT2D eigenvalue weighted by Crippen LogP contribution is 2.30. The van der Waals surface area contributed by atoms with Crippen molar-refractivity contribution in [2.75, 3.05) is 18.2 Å². The molecular formula is C16H15N3O. The predicted molar refractivity (Wildman–Crippen MR) is 82.4 cm³/mol. The van der Waals surface area contributed by atoms with Crippen molar-refractivity contribution in [3.63, 3.8) is 0 Å². The monoisotopic (exact) mass is 265 g/mol. The van der Waals surface area contributed by atoms with E-state index in [1.54, 1.807) is 13.3 Å². The Kier molecular flexibility index (Phi) is 3.13. The minimum atomic E-state index is 0.752. The molecule has 0 atom stereocenters. The molecule has 4 nitrogen and oxygen atoms in total. The lowest BCUT2D eigenvalue weighted by Crippen LogP contribution is -1.94. The average Bonchev–Trinajstić information content (AvgIpc) is 2.51. The van der Waals surface area contributed by atoms with Crippen molar-refractivity contribution in [2.24, 2.45) is 0 Å². The Hall–Kier alpha value is -2.75. The van der Waals surface area contributed by atoms with E-state index in [-0.39, 0.29) is 0 Å². The van der Waals surface area contributed by atoms with E-state index in [0.29, 0.717) is 0 Å². The van der Waals surface area contributed by atoms with Crippen LogP contribution in [0.5, 0.6) is 5.75 Å². The number of benzene rings is 2. The van der Waals surface area contributed by atoms with Gasteiger partial charge in [-0.15, -0.1) is 0 Å². The van der Waals surface area contributed by atoms with Crippen LogP contribution in [0.2, 0.25) is 0 Å². The maximum absolute atomic E-state index is 5.98. The van der Waals surface area contributed by atoms with Crippen LogP contribution in [0.4, 0.5) is 17.1 Å². The van der Waals surface area contributed by atoms with Crippen LogP contribution in [0.3, 0.4) is 0 Å². The molecule has 1 heterocycles. The summed E-state index contributed by atoms with van der Waals surface area (Å²) >= 11 is 0. The van der Waals surface area contributed by atoms with Crippen molar-refractivity contribution >= 4 is 27.8 Å². The van der Waals surface area contributed by atoms with Gasteiger partial charge in [-0.3, -0.25) is 4.98 Å². The van der Waals surface area contributed by atoms with Crippen LogP contribution in [-0.2, 0) is 0 Å². The minimum absolute atomic E-state index is 0.752. The first-order valence-electron chi connectivity index (χ1n) is 6.31. The summed E-state index contributed by atoms with van der Waals surface area (Å²) < 4.78 is 5.15. The lowest BCUT2D eigenvalue weighted by molar-refractivity contribution is 0.415. The van der Waals surface area contributed by atoms with Crippen LogP contribution in [0, 0.1) is 0 Å². The Bertz CT molecular complexity index is 738. The molecule has 0 saturated carbocycles. The second kappa shape index (κ2) is 5.09. The number of aromatic nitrogens is 1. The number of fused-ring (bicyclic) bond motifs is 1. The first-order valence-corrected chi connectivity index (χ1v) is 6.31. The molecule has 0 radical (unpaired) electrons. The van der Waals surface area contributed by atoms with Gasteiger partial charge in [0.15, 0.2) is 0 Å². The van der Waals surface area contributed by atoms with Gasteiger partial charge in [-0.1, -0.05) is 0 Å². The maximum Gasteiger partial charge on any atom is 0.119 e. The third-order valence-corrected chi connectivity index (χ3v) is 3.22. The summed E-state index contributed by atoms with van der Waals surface area (Å²) in [4.78, 5) is 4.17. The summed E-state index contributed by atoms with van der Waals surface area (Å²) in [6.07, 6.45) is 3.56. The predicted octanol–water partition coefficient (Wildman–Crippen LogP) is 3.57. The maximum atomic E-state index is 5.98. The van der Waals surface area contributed by atoms with E-state index < -0.39 is 0 Å². The number of hydrogen-bond acceptors (Lipinski definition) is 4. The highest BCUT2D eigenvalue weighted by Gasteiger charge is 2.04. The van der Waals surface area contributed by atoms with Crippen LogP contribution in [0.1, 0.15) is 0 Å². The molecule has 0 aliphatic carbocycles. The summed E-state index contributed by atoms with van der Waals surface area (Å²) in [5.74, 6) is 0.833. The Labute approximate surface area is 117 Å². The number of nitrogens with one attached hydrogen (secondary N) is 1. The molecule has 0 amide bonds. The number of nitrogen functional groups attached to an aromatic ring is 1. The van der Waals surface area contributed by atoms with Crippen molar-refractivity contribution < 1.29 is 4.74 Å². The van der Waals surface area contributed by atoms with E-state index in [4.69, 9.17) is 10.5 Å². The summed E-state index contributed by atoms with van der Waals surface area (Å²) in [6.45, 7) is 0. The molecule has 0 fully saturated rings. The van der Waals surface area contributed by atoms with E-state index >= 15 is 0 Å². The van der Waals surface area contributed by atoms with Gasteiger partial charge in [-0.05, 0) is 42.5 Å². The van der Waals surface area contributed by atoms with Crippen LogP contribution < -0.4 is 15.8 Å².